The molecule has 0 amide bonds. The summed E-state index contributed by atoms with van der Waals surface area (Å²) in [5.74, 6) is -1.46. The number of halogens is 3. The molecule has 2 aromatic rings. The Morgan fingerprint density at radius 1 is 1.25 bits per heavy atom. The maximum absolute atomic E-state index is 12.9. The lowest BCUT2D eigenvalue weighted by Crippen LogP contribution is -2.17. The Morgan fingerprint density at radius 3 is 2.50 bits per heavy atom. The van der Waals surface area contributed by atoms with Crippen molar-refractivity contribution in [3.05, 3.63) is 52.1 Å². The first kappa shape index (κ1) is 13.8. The van der Waals surface area contributed by atoms with Crippen LogP contribution in [0.15, 0.2) is 35.1 Å². The van der Waals surface area contributed by atoms with Crippen molar-refractivity contribution in [2.24, 2.45) is 0 Å². The highest BCUT2D eigenvalue weighted by Crippen LogP contribution is 2.35. The minimum atomic E-state index is -4.63. The van der Waals surface area contributed by atoms with Gasteiger partial charge < -0.3 is 5.11 Å². The van der Waals surface area contributed by atoms with E-state index in [1.54, 1.807) is 0 Å². The summed E-state index contributed by atoms with van der Waals surface area (Å²) >= 11 is 0. The van der Waals surface area contributed by atoms with Crippen molar-refractivity contribution in [3.8, 4) is 11.3 Å². The van der Waals surface area contributed by atoms with Gasteiger partial charge in [-0.3, -0.25) is 4.98 Å². The van der Waals surface area contributed by atoms with Crippen LogP contribution in [0.2, 0.25) is 0 Å². The van der Waals surface area contributed by atoms with Crippen LogP contribution in [0.4, 0.5) is 13.2 Å². The zero-order valence-corrected chi connectivity index (χ0v) is 9.73. The number of aromatic nitrogens is 2. The van der Waals surface area contributed by atoms with Gasteiger partial charge in [-0.05, 0) is 12.1 Å². The van der Waals surface area contributed by atoms with Gasteiger partial charge in [0.05, 0.1) is 11.3 Å². The molecule has 0 atom stereocenters. The van der Waals surface area contributed by atoms with Crippen LogP contribution in [0.25, 0.3) is 11.3 Å². The van der Waals surface area contributed by atoms with Crippen LogP contribution in [-0.2, 0) is 6.18 Å². The second-order valence-corrected chi connectivity index (χ2v) is 3.83. The second-order valence-electron chi connectivity index (χ2n) is 3.83. The molecule has 0 aliphatic heterocycles. The number of hydrogen-bond donors (Lipinski definition) is 2. The van der Waals surface area contributed by atoms with E-state index in [0.29, 0.717) is 0 Å². The van der Waals surface area contributed by atoms with Gasteiger partial charge >= 0.3 is 17.8 Å². The van der Waals surface area contributed by atoms with Crippen molar-refractivity contribution in [3.63, 3.8) is 0 Å². The van der Waals surface area contributed by atoms with Gasteiger partial charge in [0.25, 0.3) is 0 Å². The van der Waals surface area contributed by atoms with E-state index in [0.717, 1.165) is 18.2 Å². The average molecular weight is 284 g/mol. The van der Waals surface area contributed by atoms with E-state index in [-0.39, 0.29) is 11.3 Å². The molecular formula is C12H7F3N2O3. The number of alkyl halides is 3. The smallest absolute Gasteiger partial charge is 0.417 e. The summed E-state index contributed by atoms with van der Waals surface area (Å²) in [5.41, 5.74) is -3.25. The van der Waals surface area contributed by atoms with Gasteiger partial charge in [-0.1, -0.05) is 18.2 Å². The zero-order chi connectivity index (χ0) is 14.9. The fourth-order valence-corrected chi connectivity index (χ4v) is 1.66. The number of carboxylic acid groups (broad SMARTS) is 1. The first-order valence-electron chi connectivity index (χ1n) is 5.30. The van der Waals surface area contributed by atoms with Crippen LogP contribution in [0, 0.1) is 0 Å². The van der Waals surface area contributed by atoms with E-state index in [1.165, 1.54) is 12.1 Å². The average Bonchev–Trinajstić information content (AvgIpc) is 2.37. The van der Waals surface area contributed by atoms with E-state index in [1.807, 2.05) is 4.98 Å². The van der Waals surface area contributed by atoms with E-state index >= 15 is 0 Å². The summed E-state index contributed by atoms with van der Waals surface area (Å²) in [4.78, 5) is 27.4. The van der Waals surface area contributed by atoms with Crippen LogP contribution in [-0.4, -0.2) is 21.0 Å². The minimum absolute atomic E-state index is 0.348. The van der Waals surface area contributed by atoms with Crippen molar-refractivity contribution in [2.45, 2.75) is 6.18 Å². The molecular weight excluding hydrogens is 277 g/mol. The van der Waals surface area contributed by atoms with Gasteiger partial charge in [-0.15, -0.1) is 0 Å². The molecule has 0 bridgehead atoms. The van der Waals surface area contributed by atoms with Gasteiger partial charge in [0.2, 0.25) is 0 Å². The van der Waals surface area contributed by atoms with Crippen molar-refractivity contribution < 1.29 is 23.1 Å². The Morgan fingerprint density at radius 2 is 1.90 bits per heavy atom. The molecule has 104 valence electrons. The van der Waals surface area contributed by atoms with Gasteiger partial charge in [0.15, 0.2) is 0 Å². The molecule has 2 rings (SSSR count). The van der Waals surface area contributed by atoms with Crippen LogP contribution in [0.1, 0.15) is 16.1 Å². The van der Waals surface area contributed by atoms with E-state index < -0.39 is 29.1 Å². The zero-order valence-electron chi connectivity index (χ0n) is 9.73. The molecule has 0 fully saturated rings. The monoisotopic (exact) mass is 284 g/mol. The first-order chi connectivity index (χ1) is 9.29. The standard InChI is InChI=1S/C12H7F3N2O3/c13-12(14,15)7-4-2-1-3-6(7)8-5-9(10(18)19)17-11(20)16-8/h1-5H,(H,18,19)(H,16,17,20). The fourth-order valence-electron chi connectivity index (χ4n) is 1.66. The SMILES string of the molecule is O=C(O)c1cc(-c2ccccc2C(F)(F)F)nc(=O)[nH]1. The Balaban J connectivity index is 2.69. The molecule has 1 aromatic carbocycles. The number of aromatic amines is 1. The molecule has 0 aliphatic rings. The molecule has 20 heavy (non-hydrogen) atoms. The predicted molar refractivity (Wildman–Crippen MR) is 62.3 cm³/mol. The summed E-state index contributed by atoms with van der Waals surface area (Å²) in [7, 11) is 0. The number of hydrogen-bond acceptors (Lipinski definition) is 3. The summed E-state index contributed by atoms with van der Waals surface area (Å²) < 4.78 is 38.6. The lowest BCUT2D eigenvalue weighted by Gasteiger charge is -2.12. The topological polar surface area (TPSA) is 83.0 Å². The van der Waals surface area contributed by atoms with Crippen LogP contribution in [0.3, 0.4) is 0 Å². The van der Waals surface area contributed by atoms with Crippen LogP contribution in [0.5, 0.6) is 0 Å². The molecule has 0 saturated carbocycles. The van der Waals surface area contributed by atoms with E-state index in [9.17, 15) is 22.8 Å². The van der Waals surface area contributed by atoms with Crippen molar-refractivity contribution in [2.75, 3.05) is 0 Å². The lowest BCUT2D eigenvalue weighted by atomic mass is 10.0. The maximum Gasteiger partial charge on any atom is 0.417 e. The summed E-state index contributed by atoms with van der Waals surface area (Å²) in [5, 5.41) is 8.79. The first-order valence-corrected chi connectivity index (χ1v) is 5.30. The van der Waals surface area contributed by atoms with Gasteiger partial charge in [0.1, 0.15) is 5.69 Å². The third-order valence-electron chi connectivity index (χ3n) is 2.48. The van der Waals surface area contributed by atoms with Gasteiger partial charge in [-0.25, -0.2) is 9.59 Å². The van der Waals surface area contributed by atoms with Crippen molar-refractivity contribution >= 4 is 5.97 Å². The molecule has 0 aliphatic carbocycles. The minimum Gasteiger partial charge on any atom is -0.477 e. The molecule has 0 unspecified atom stereocenters. The van der Waals surface area contributed by atoms with Crippen LogP contribution >= 0.6 is 0 Å². The number of nitrogens with one attached hydrogen (secondary N) is 1. The Bertz CT molecular complexity index is 722. The molecule has 8 heteroatoms. The highest BCUT2D eigenvalue weighted by molar-refractivity contribution is 5.86. The third kappa shape index (κ3) is 2.68. The number of aromatic carboxylic acids is 1. The molecule has 0 radical (unpaired) electrons. The van der Waals surface area contributed by atoms with E-state index in [4.69, 9.17) is 5.11 Å². The summed E-state index contributed by atoms with van der Waals surface area (Å²) in [6, 6.07) is 5.37. The Kier molecular flexibility index (Phi) is 3.31. The Hall–Kier alpha value is -2.64. The normalized spacial score (nSPS) is 11.3. The largest absolute Gasteiger partial charge is 0.477 e. The quantitative estimate of drug-likeness (QED) is 0.885. The molecule has 5 nitrogen and oxygen atoms in total. The molecule has 0 spiro atoms. The highest BCUT2D eigenvalue weighted by Gasteiger charge is 2.33. The summed E-state index contributed by atoms with van der Waals surface area (Å²) in [6.07, 6.45) is -4.63. The number of carboxylic acids is 1. The van der Waals surface area contributed by atoms with Crippen molar-refractivity contribution in [1.82, 2.24) is 9.97 Å². The lowest BCUT2D eigenvalue weighted by molar-refractivity contribution is -0.137. The third-order valence-corrected chi connectivity index (χ3v) is 2.48. The number of benzene rings is 1. The number of carbonyl (C=O) groups is 1. The second kappa shape index (κ2) is 4.80. The Labute approximate surface area is 109 Å². The summed E-state index contributed by atoms with van der Waals surface area (Å²) in [6.45, 7) is 0. The fraction of sp³-hybridized carbons (Fsp3) is 0.0833. The number of rotatable bonds is 2. The van der Waals surface area contributed by atoms with Crippen molar-refractivity contribution in [1.29, 1.82) is 0 Å². The number of H-pyrrole nitrogens is 1. The molecule has 1 heterocycles. The number of nitrogens with zero attached hydrogens (tertiary/aromatic N) is 1. The van der Waals surface area contributed by atoms with Gasteiger partial charge in [-0.2, -0.15) is 18.2 Å². The molecule has 0 saturated heterocycles. The molecule has 2 N–H and O–H groups in total. The van der Waals surface area contributed by atoms with E-state index in [2.05, 4.69) is 4.98 Å². The maximum atomic E-state index is 12.9. The van der Waals surface area contributed by atoms with Gasteiger partial charge in [0, 0.05) is 5.56 Å². The van der Waals surface area contributed by atoms with Crippen LogP contribution < -0.4 is 5.69 Å². The molecule has 1 aromatic heterocycles. The highest BCUT2D eigenvalue weighted by atomic mass is 19.4. The predicted octanol–water partition coefficient (Wildman–Crippen LogP) is 2.15.